The second kappa shape index (κ2) is 61.5. The summed E-state index contributed by atoms with van der Waals surface area (Å²) in [6, 6.07) is -0.908. The van der Waals surface area contributed by atoms with Gasteiger partial charge in [-0.1, -0.05) is 265 Å². The van der Waals surface area contributed by atoms with E-state index in [1.807, 2.05) is 33.3 Å². The number of carbonyl (C=O) groups is 2. The summed E-state index contributed by atoms with van der Waals surface area (Å²) in [5, 5.41) is 3.03. The van der Waals surface area contributed by atoms with Gasteiger partial charge >= 0.3 is 5.97 Å². The largest absolute Gasteiger partial charge is 0.756 e. The molecule has 1 amide bonds. The number of quaternary nitrogens is 1. The minimum Gasteiger partial charge on any atom is -0.756 e. The number of ether oxygens (including phenoxy) is 1. The summed E-state index contributed by atoms with van der Waals surface area (Å²) in [6.45, 7) is 6.68. The Morgan fingerprint density at radius 3 is 1.18 bits per heavy atom. The molecule has 0 saturated heterocycles. The summed E-state index contributed by atoms with van der Waals surface area (Å²) >= 11 is 0. The van der Waals surface area contributed by atoms with Crippen LogP contribution in [0.2, 0.25) is 0 Å². The topological polar surface area (TPSA) is 114 Å². The summed E-state index contributed by atoms with van der Waals surface area (Å²) < 4.78 is 30.4. The van der Waals surface area contributed by atoms with E-state index < -0.39 is 26.6 Å². The summed E-state index contributed by atoms with van der Waals surface area (Å²) in [7, 11) is 1.15. The Hall–Kier alpha value is -3.59. The van der Waals surface area contributed by atoms with E-state index in [9.17, 15) is 19.0 Å². The van der Waals surface area contributed by atoms with E-state index in [2.05, 4.69) is 135 Å². The highest BCUT2D eigenvalue weighted by Gasteiger charge is 2.27. The van der Waals surface area contributed by atoms with Crippen molar-refractivity contribution in [2.24, 2.45) is 0 Å². The standard InChI is InChI=1S/C73H127N2O7P/c1-7-10-13-16-19-22-25-27-29-31-33-35-37-39-41-43-45-47-50-53-56-59-62-65-72(76)74-70(69-81-83(78,79)80-68-67-75(4,5)6)71(64-61-58-55-52-49-24-21-18-15-12-9-3)82-73(77)66-63-60-57-54-51-48-46-44-42-40-38-36-34-32-30-28-26-23-20-17-14-11-8-2/h11,14,19-20,22-23,27-30,33-36,39-42,61,64,70-71H,7-10,12-13,15-18,21,24-26,31-32,37-38,43-60,62-63,65-69H2,1-6H3,(H-,74,76,78,79)/b14-11-,22-19-,23-20-,29-27-,30-28-,35-33-,36-34-,41-39-,42-40-,64-61+. The first-order valence-corrected chi connectivity index (χ1v) is 35.3. The number of nitrogens with one attached hydrogen (secondary N) is 1. The van der Waals surface area contributed by atoms with Gasteiger partial charge in [-0.05, 0) is 122 Å². The lowest BCUT2D eigenvalue weighted by Crippen LogP contribution is -2.47. The number of amides is 1. The van der Waals surface area contributed by atoms with Crippen molar-refractivity contribution in [2.75, 3.05) is 40.9 Å². The summed E-state index contributed by atoms with van der Waals surface area (Å²) in [4.78, 5) is 40.1. The number of nitrogens with zero attached hydrogens (tertiary/aromatic N) is 1. The molecule has 9 nitrogen and oxygen atoms in total. The molecular formula is C73H127N2O7P. The Labute approximate surface area is 512 Å². The highest BCUT2D eigenvalue weighted by atomic mass is 31.2. The zero-order valence-corrected chi connectivity index (χ0v) is 55.3. The van der Waals surface area contributed by atoms with Crippen LogP contribution in [0.5, 0.6) is 0 Å². The van der Waals surface area contributed by atoms with E-state index in [0.29, 0.717) is 23.9 Å². The minimum absolute atomic E-state index is 0.0329. The zero-order chi connectivity index (χ0) is 60.7. The number of likely N-dealkylation sites (N-methyl/N-ethyl adjacent to an activating group) is 1. The molecule has 0 aliphatic carbocycles. The van der Waals surface area contributed by atoms with Crippen molar-refractivity contribution in [1.29, 1.82) is 0 Å². The third kappa shape index (κ3) is 62.8. The van der Waals surface area contributed by atoms with E-state index in [1.165, 1.54) is 109 Å². The number of phosphoric ester groups is 1. The van der Waals surface area contributed by atoms with Gasteiger partial charge in [-0.25, -0.2) is 0 Å². The number of carbonyl (C=O) groups excluding carboxylic acids is 2. The molecule has 83 heavy (non-hydrogen) atoms. The van der Waals surface area contributed by atoms with Gasteiger partial charge in [0.25, 0.3) is 7.82 Å². The van der Waals surface area contributed by atoms with Crippen molar-refractivity contribution in [1.82, 2.24) is 5.32 Å². The molecular weight excluding hydrogens is 1050 g/mol. The van der Waals surface area contributed by atoms with Crippen LogP contribution in [-0.2, 0) is 27.9 Å². The maximum absolute atomic E-state index is 13.6. The van der Waals surface area contributed by atoms with Gasteiger partial charge in [-0.3, -0.25) is 14.2 Å². The third-order valence-corrected chi connectivity index (χ3v) is 15.3. The lowest BCUT2D eigenvalue weighted by atomic mass is 10.1. The molecule has 0 radical (unpaired) electrons. The number of esters is 1. The maximum atomic E-state index is 13.6. The molecule has 476 valence electrons. The molecule has 0 aromatic carbocycles. The second-order valence-electron chi connectivity index (χ2n) is 23.6. The normalized spacial score (nSPS) is 14.3. The van der Waals surface area contributed by atoms with Crippen LogP contribution in [0.4, 0.5) is 0 Å². The van der Waals surface area contributed by atoms with Crippen molar-refractivity contribution in [2.45, 2.75) is 290 Å². The monoisotopic (exact) mass is 1170 g/mol. The van der Waals surface area contributed by atoms with Crippen molar-refractivity contribution in [3.63, 3.8) is 0 Å². The number of phosphoric acid groups is 1. The summed E-state index contributed by atoms with van der Waals surface area (Å²) in [6.07, 6.45) is 85.9. The number of allylic oxidation sites excluding steroid dienone is 19. The van der Waals surface area contributed by atoms with Crippen molar-refractivity contribution >= 4 is 19.7 Å². The molecule has 3 unspecified atom stereocenters. The van der Waals surface area contributed by atoms with E-state index in [-0.39, 0.29) is 24.9 Å². The van der Waals surface area contributed by atoms with E-state index >= 15 is 0 Å². The average Bonchev–Trinajstić information content (AvgIpc) is 3.51. The minimum atomic E-state index is -4.72. The van der Waals surface area contributed by atoms with Gasteiger partial charge in [0.15, 0.2) is 0 Å². The van der Waals surface area contributed by atoms with E-state index in [4.69, 9.17) is 13.8 Å². The lowest BCUT2D eigenvalue weighted by Gasteiger charge is -2.30. The highest BCUT2D eigenvalue weighted by Crippen LogP contribution is 2.38. The molecule has 0 saturated carbocycles. The molecule has 0 bridgehead atoms. The quantitative estimate of drug-likeness (QED) is 0.0212. The fourth-order valence-electron chi connectivity index (χ4n) is 9.18. The third-order valence-electron chi connectivity index (χ3n) is 14.4. The number of rotatable bonds is 60. The SMILES string of the molecule is CC/C=C\C/C=C\C/C=C\C/C=C\C/C=C\CCCCCCCCCC(=O)OC(/C=C/CCCCCCCCCCC)C(COP(=O)([O-])OCC[N+](C)(C)C)NC(=O)CCCCCCCCC/C=C\C/C=C\C/C=C\C/C=C\CCCCC. The van der Waals surface area contributed by atoms with Crippen LogP contribution >= 0.6 is 7.82 Å². The molecule has 0 fully saturated rings. The highest BCUT2D eigenvalue weighted by molar-refractivity contribution is 7.45. The van der Waals surface area contributed by atoms with Gasteiger partial charge in [0.2, 0.25) is 5.91 Å². The van der Waals surface area contributed by atoms with Crippen LogP contribution in [-0.4, -0.2) is 69.4 Å². The van der Waals surface area contributed by atoms with Crippen molar-refractivity contribution in [3.05, 3.63) is 122 Å². The predicted molar refractivity (Wildman–Crippen MR) is 357 cm³/mol. The smallest absolute Gasteiger partial charge is 0.306 e. The molecule has 0 rings (SSSR count). The number of hydrogen-bond acceptors (Lipinski definition) is 7. The van der Waals surface area contributed by atoms with Gasteiger partial charge in [0.05, 0.1) is 33.8 Å². The van der Waals surface area contributed by atoms with Crippen LogP contribution in [0.3, 0.4) is 0 Å². The molecule has 0 aromatic rings. The Kier molecular flexibility index (Phi) is 58.8. The number of hydrogen-bond donors (Lipinski definition) is 1. The maximum Gasteiger partial charge on any atom is 0.306 e. The second-order valence-corrected chi connectivity index (χ2v) is 25.0. The van der Waals surface area contributed by atoms with Crippen molar-refractivity contribution in [3.8, 4) is 0 Å². The lowest BCUT2D eigenvalue weighted by molar-refractivity contribution is -0.870. The molecule has 1 N–H and O–H groups in total. The van der Waals surface area contributed by atoms with Gasteiger partial charge in [0, 0.05) is 12.8 Å². The molecule has 10 heteroatoms. The zero-order valence-electron chi connectivity index (χ0n) is 54.4. The van der Waals surface area contributed by atoms with Gasteiger partial charge in [-0.2, -0.15) is 0 Å². The van der Waals surface area contributed by atoms with Gasteiger partial charge in [-0.15, -0.1) is 0 Å². The first kappa shape index (κ1) is 79.4. The molecule has 0 spiro atoms. The first-order valence-electron chi connectivity index (χ1n) is 33.8. The fraction of sp³-hybridized carbons (Fsp3) is 0.699. The van der Waals surface area contributed by atoms with Gasteiger partial charge < -0.3 is 28.5 Å². The summed E-state index contributed by atoms with van der Waals surface area (Å²) in [5.41, 5.74) is 0. The fourth-order valence-corrected chi connectivity index (χ4v) is 9.90. The van der Waals surface area contributed by atoms with Crippen LogP contribution < -0.4 is 10.2 Å². The van der Waals surface area contributed by atoms with Crippen LogP contribution in [0.15, 0.2) is 122 Å². The summed E-state index contributed by atoms with van der Waals surface area (Å²) in [5.74, 6) is -0.571. The average molecular weight is 1180 g/mol. The van der Waals surface area contributed by atoms with E-state index in [0.717, 1.165) is 128 Å². The first-order chi connectivity index (χ1) is 40.4. The Balaban J connectivity index is 5.16. The molecule has 0 aliphatic rings. The Morgan fingerprint density at radius 1 is 0.434 bits per heavy atom. The van der Waals surface area contributed by atoms with Crippen LogP contribution in [0.1, 0.15) is 278 Å². The van der Waals surface area contributed by atoms with Crippen molar-refractivity contribution < 1.29 is 37.3 Å². The van der Waals surface area contributed by atoms with Crippen LogP contribution in [0.25, 0.3) is 0 Å². The van der Waals surface area contributed by atoms with Crippen LogP contribution in [0, 0.1) is 0 Å². The Morgan fingerprint density at radius 2 is 0.771 bits per heavy atom. The molecule has 3 atom stereocenters. The van der Waals surface area contributed by atoms with E-state index in [1.54, 1.807) is 0 Å². The molecule has 0 heterocycles. The van der Waals surface area contributed by atoms with Gasteiger partial charge in [0.1, 0.15) is 19.3 Å². The number of unbranched alkanes of at least 4 members (excludes halogenated alkanes) is 26. The Bertz CT molecular complexity index is 1830. The molecule has 0 aliphatic heterocycles. The molecule has 0 aromatic heterocycles. The predicted octanol–water partition coefficient (Wildman–Crippen LogP) is 20.8.